The van der Waals surface area contributed by atoms with Gasteiger partial charge in [-0.25, -0.2) is 0 Å². The van der Waals surface area contributed by atoms with Gasteiger partial charge in [0.2, 0.25) is 11.8 Å². The Bertz CT molecular complexity index is 415. The number of ether oxygens (including phenoxy) is 2. The number of carbonyl (C=O) groups is 2. The normalized spacial score (nSPS) is 15.5. The van der Waals surface area contributed by atoms with E-state index in [-0.39, 0.29) is 11.8 Å². The Balaban J connectivity index is 1.86. The molecule has 1 rings (SSSR count). The Kier molecular flexibility index (Phi) is 14.8. The summed E-state index contributed by atoms with van der Waals surface area (Å²) in [6.07, 6.45) is 3.13. The second kappa shape index (κ2) is 16.7. The van der Waals surface area contributed by atoms with E-state index in [1.807, 2.05) is 6.92 Å². The highest BCUT2D eigenvalue weighted by Crippen LogP contribution is 2.00. The first-order valence-corrected chi connectivity index (χ1v) is 10.8. The molecule has 1 aliphatic heterocycles. The van der Waals surface area contributed by atoms with E-state index in [2.05, 4.69) is 27.4 Å². The van der Waals surface area contributed by atoms with Crippen LogP contribution in [0.1, 0.15) is 39.5 Å². The smallest absolute Gasteiger partial charge is 0.220 e. The van der Waals surface area contributed by atoms with E-state index >= 15 is 0 Å². The molecule has 0 spiro atoms. The van der Waals surface area contributed by atoms with Crippen LogP contribution in [0, 0.1) is 0 Å². The van der Waals surface area contributed by atoms with Crippen LogP contribution in [-0.4, -0.2) is 100 Å². The molecule has 0 aromatic rings. The van der Waals surface area contributed by atoms with Crippen molar-refractivity contribution in [1.29, 1.82) is 0 Å². The lowest BCUT2D eigenvalue weighted by molar-refractivity contribution is -0.122. The third-order valence-electron chi connectivity index (χ3n) is 4.79. The topological polar surface area (TPSA) is 83.1 Å². The van der Waals surface area contributed by atoms with Crippen LogP contribution in [0.25, 0.3) is 0 Å². The van der Waals surface area contributed by atoms with Gasteiger partial charge in [0.05, 0.1) is 26.4 Å². The number of nitrogens with zero attached hydrogens (tertiary/aromatic N) is 2. The van der Waals surface area contributed by atoms with Gasteiger partial charge in [0.15, 0.2) is 0 Å². The zero-order valence-corrected chi connectivity index (χ0v) is 17.8. The Labute approximate surface area is 170 Å². The molecule has 0 radical (unpaired) electrons. The zero-order chi connectivity index (χ0) is 20.5. The van der Waals surface area contributed by atoms with E-state index in [9.17, 15) is 9.59 Å². The molecule has 1 saturated heterocycles. The molecule has 8 heteroatoms. The average Bonchev–Trinajstić information content (AvgIpc) is 2.71. The molecule has 28 heavy (non-hydrogen) atoms. The number of rotatable bonds is 16. The summed E-state index contributed by atoms with van der Waals surface area (Å²) in [6, 6.07) is 0. The van der Waals surface area contributed by atoms with Crippen LogP contribution >= 0.6 is 0 Å². The van der Waals surface area contributed by atoms with Crippen LogP contribution in [0.3, 0.4) is 0 Å². The van der Waals surface area contributed by atoms with E-state index in [0.717, 1.165) is 58.7 Å². The van der Waals surface area contributed by atoms with E-state index < -0.39 is 0 Å². The van der Waals surface area contributed by atoms with Crippen molar-refractivity contribution in [2.45, 2.75) is 39.5 Å². The van der Waals surface area contributed by atoms with Crippen molar-refractivity contribution in [3.05, 3.63) is 0 Å². The highest BCUT2D eigenvalue weighted by atomic mass is 16.5. The van der Waals surface area contributed by atoms with Gasteiger partial charge in [-0.15, -0.1) is 0 Å². The zero-order valence-electron chi connectivity index (χ0n) is 17.8. The minimum Gasteiger partial charge on any atom is -0.378 e. The maximum Gasteiger partial charge on any atom is 0.220 e. The van der Waals surface area contributed by atoms with Crippen LogP contribution in [0.5, 0.6) is 0 Å². The van der Waals surface area contributed by atoms with Gasteiger partial charge in [-0.1, -0.05) is 20.3 Å². The van der Waals surface area contributed by atoms with Crippen LogP contribution in [-0.2, 0) is 19.1 Å². The van der Waals surface area contributed by atoms with Gasteiger partial charge in [-0.2, -0.15) is 0 Å². The highest BCUT2D eigenvalue weighted by molar-refractivity contribution is 5.75. The molecule has 0 aliphatic carbocycles. The van der Waals surface area contributed by atoms with Gasteiger partial charge < -0.3 is 20.1 Å². The lowest BCUT2D eigenvalue weighted by atomic mass is 10.2. The van der Waals surface area contributed by atoms with Crippen LogP contribution in [0.15, 0.2) is 0 Å². The number of hydrogen-bond donors (Lipinski definition) is 2. The van der Waals surface area contributed by atoms with Crippen LogP contribution in [0.4, 0.5) is 0 Å². The van der Waals surface area contributed by atoms with E-state index in [1.165, 1.54) is 0 Å². The summed E-state index contributed by atoms with van der Waals surface area (Å²) in [4.78, 5) is 27.5. The lowest BCUT2D eigenvalue weighted by Crippen LogP contribution is -2.49. The monoisotopic (exact) mass is 400 g/mol. The Morgan fingerprint density at radius 3 is 2.04 bits per heavy atom. The maximum atomic E-state index is 11.4. The Hall–Kier alpha value is -1.22. The van der Waals surface area contributed by atoms with Gasteiger partial charge in [-0.3, -0.25) is 19.4 Å². The van der Waals surface area contributed by atoms with Crippen LogP contribution in [0.2, 0.25) is 0 Å². The molecule has 1 heterocycles. The van der Waals surface area contributed by atoms with E-state index in [4.69, 9.17) is 9.47 Å². The minimum atomic E-state index is 0.104. The molecule has 0 atom stereocenters. The second-order valence-electron chi connectivity index (χ2n) is 7.07. The van der Waals surface area contributed by atoms with Crippen LogP contribution < -0.4 is 10.6 Å². The van der Waals surface area contributed by atoms with Crippen molar-refractivity contribution in [1.82, 2.24) is 20.4 Å². The molecule has 1 fully saturated rings. The van der Waals surface area contributed by atoms with Crippen molar-refractivity contribution < 1.29 is 19.1 Å². The molecule has 0 aromatic carbocycles. The number of nitrogens with one attached hydrogen (secondary N) is 2. The first-order chi connectivity index (χ1) is 13.7. The lowest BCUT2D eigenvalue weighted by Gasteiger charge is -2.34. The largest absolute Gasteiger partial charge is 0.378 e. The van der Waals surface area contributed by atoms with Gasteiger partial charge in [0.1, 0.15) is 0 Å². The highest BCUT2D eigenvalue weighted by Gasteiger charge is 2.16. The quantitative estimate of drug-likeness (QED) is 0.367. The van der Waals surface area contributed by atoms with Crippen molar-refractivity contribution >= 4 is 11.8 Å². The Morgan fingerprint density at radius 2 is 1.39 bits per heavy atom. The first-order valence-electron chi connectivity index (χ1n) is 10.8. The van der Waals surface area contributed by atoms with Gasteiger partial charge in [0, 0.05) is 65.2 Å². The molecule has 0 saturated carbocycles. The van der Waals surface area contributed by atoms with Crippen molar-refractivity contribution in [3.63, 3.8) is 0 Å². The molecule has 164 valence electrons. The SMILES string of the molecule is CCCCC(=O)NCCOCCOCCN1CCN(CCNC(=O)CC)CC1. The number of hydrogen-bond acceptors (Lipinski definition) is 6. The van der Waals surface area contributed by atoms with Gasteiger partial charge >= 0.3 is 0 Å². The molecule has 2 N–H and O–H groups in total. The predicted molar refractivity (Wildman–Crippen MR) is 110 cm³/mol. The molecule has 0 aromatic heterocycles. The molecule has 2 amide bonds. The molecule has 8 nitrogen and oxygen atoms in total. The first kappa shape index (κ1) is 24.8. The van der Waals surface area contributed by atoms with E-state index in [0.29, 0.717) is 45.8 Å². The predicted octanol–water partition coefficient (Wildman–Crippen LogP) is 0.470. The number of piperazine rings is 1. The molecular weight excluding hydrogens is 360 g/mol. The second-order valence-corrected chi connectivity index (χ2v) is 7.07. The summed E-state index contributed by atoms with van der Waals surface area (Å²) < 4.78 is 11.1. The summed E-state index contributed by atoms with van der Waals surface area (Å²) in [7, 11) is 0. The van der Waals surface area contributed by atoms with Crippen molar-refractivity contribution in [3.8, 4) is 0 Å². The fourth-order valence-electron chi connectivity index (χ4n) is 2.92. The van der Waals surface area contributed by atoms with E-state index in [1.54, 1.807) is 0 Å². The number of carbonyl (C=O) groups excluding carboxylic acids is 2. The molecule has 1 aliphatic rings. The van der Waals surface area contributed by atoms with Crippen molar-refractivity contribution in [2.24, 2.45) is 0 Å². The van der Waals surface area contributed by atoms with Gasteiger partial charge in [-0.05, 0) is 6.42 Å². The van der Waals surface area contributed by atoms with Gasteiger partial charge in [0.25, 0.3) is 0 Å². The molecule has 0 bridgehead atoms. The molecule has 0 unspecified atom stereocenters. The third kappa shape index (κ3) is 13.0. The molecular formula is C20H40N4O4. The van der Waals surface area contributed by atoms with Crippen molar-refractivity contribution in [2.75, 3.05) is 78.8 Å². The fraction of sp³-hybridized carbons (Fsp3) is 0.900. The summed E-state index contributed by atoms with van der Waals surface area (Å²) in [5, 5.41) is 5.78. The summed E-state index contributed by atoms with van der Waals surface area (Å²) in [5.74, 6) is 0.226. The number of amides is 2. The standard InChI is InChI=1S/C20H40N4O4/c1-3-5-6-20(26)22-8-15-27-17-18-28-16-14-24-12-10-23(11-13-24)9-7-21-19(25)4-2/h3-18H2,1-2H3,(H,21,25)(H,22,26). The summed E-state index contributed by atoms with van der Waals surface area (Å²) in [6.45, 7) is 13.6. The fourth-order valence-corrected chi connectivity index (χ4v) is 2.92. The third-order valence-corrected chi connectivity index (χ3v) is 4.79. The minimum absolute atomic E-state index is 0.104. The maximum absolute atomic E-state index is 11.4. The average molecular weight is 401 g/mol. The summed E-state index contributed by atoms with van der Waals surface area (Å²) >= 11 is 0. The Morgan fingerprint density at radius 1 is 0.786 bits per heavy atom. The number of unbranched alkanes of at least 4 members (excludes halogenated alkanes) is 1. The summed E-state index contributed by atoms with van der Waals surface area (Å²) in [5.41, 5.74) is 0.